The normalized spacial score (nSPS) is 11.1. The van der Waals surface area contributed by atoms with Crippen LogP contribution in [0, 0.1) is 5.82 Å². The molecule has 0 aliphatic rings. The lowest BCUT2D eigenvalue weighted by Crippen LogP contribution is -2.38. The van der Waals surface area contributed by atoms with Crippen LogP contribution in [-0.2, 0) is 6.54 Å². The van der Waals surface area contributed by atoms with Gasteiger partial charge in [0.25, 0.3) is 0 Å². The molecule has 1 aromatic carbocycles. The molecule has 3 nitrogen and oxygen atoms in total. The van der Waals surface area contributed by atoms with Crippen LogP contribution in [0.3, 0.4) is 0 Å². The van der Waals surface area contributed by atoms with Gasteiger partial charge < -0.3 is 10.2 Å². The lowest BCUT2D eigenvalue weighted by atomic mass is 10.2. The Kier molecular flexibility index (Phi) is 5.20. The minimum Gasteiger partial charge on any atom is -0.353 e. The zero-order valence-corrected chi connectivity index (χ0v) is 10.3. The van der Waals surface area contributed by atoms with Gasteiger partial charge in [-0.15, -0.1) is 6.58 Å². The van der Waals surface area contributed by atoms with Gasteiger partial charge in [-0.2, -0.15) is 0 Å². The van der Waals surface area contributed by atoms with Crippen LogP contribution in [-0.4, -0.2) is 31.5 Å². The molecular weight excluding hydrogens is 217 g/mol. The maximum absolute atomic E-state index is 12.8. The molecule has 0 radical (unpaired) electrons. The molecule has 0 spiro atoms. The molecule has 0 unspecified atom stereocenters. The second-order valence-corrected chi connectivity index (χ2v) is 3.70. The molecule has 1 rings (SSSR count). The molecule has 1 N–H and O–H groups in total. The first kappa shape index (κ1) is 13.2. The zero-order chi connectivity index (χ0) is 12.7. The first-order valence-corrected chi connectivity index (χ1v) is 5.44. The summed E-state index contributed by atoms with van der Waals surface area (Å²) in [7, 11) is 3.66. The summed E-state index contributed by atoms with van der Waals surface area (Å²) in [5.41, 5.74) is 1.04. The molecule has 0 fully saturated rings. The standard InChI is InChI=1S/C13H18FN3/c1-4-9-16-13(15-2)17(3)10-11-5-7-12(14)8-6-11/h4-8H,1,9-10H2,2-3H3,(H,15,16). The monoisotopic (exact) mass is 235 g/mol. The number of benzene rings is 1. The molecule has 92 valence electrons. The Morgan fingerprint density at radius 3 is 2.65 bits per heavy atom. The highest BCUT2D eigenvalue weighted by molar-refractivity contribution is 5.79. The van der Waals surface area contributed by atoms with Gasteiger partial charge >= 0.3 is 0 Å². The van der Waals surface area contributed by atoms with E-state index in [4.69, 9.17) is 0 Å². The van der Waals surface area contributed by atoms with Crippen LogP contribution in [0.15, 0.2) is 41.9 Å². The molecule has 0 saturated carbocycles. The third kappa shape index (κ3) is 4.26. The van der Waals surface area contributed by atoms with Gasteiger partial charge in [0.2, 0.25) is 0 Å². The van der Waals surface area contributed by atoms with Crippen LogP contribution in [0.2, 0.25) is 0 Å². The molecule has 0 aromatic heterocycles. The summed E-state index contributed by atoms with van der Waals surface area (Å²) < 4.78 is 12.8. The third-order valence-electron chi connectivity index (χ3n) is 2.31. The summed E-state index contributed by atoms with van der Waals surface area (Å²) in [4.78, 5) is 6.12. The Morgan fingerprint density at radius 2 is 2.12 bits per heavy atom. The Balaban J connectivity index is 2.60. The van der Waals surface area contributed by atoms with Crippen molar-refractivity contribution in [2.45, 2.75) is 6.54 Å². The molecule has 1 aromatic rings. The third-order valence-corrected chi connectivity index (χ3v) is 2.31. The zero-order valence-electron chi connectivity index (χ0n) is 10.3. The smallest absolute Gasteiger partial charge is 0.193 e. The second-order valence-electron chi connectivity index (χ2n) is 3.70. The summed E-state index contributed by atoms with van der Waals surface area (Å²) in [5.74, 6) is 0.569. The minimum atomic E-state index is -0.217. The fraction of sp³-hybridized carbons (Fsp3) is 0.308. The van der Waals surface area contributed by atoms with Crippen molar-refractivity contribution in [3.8, 4) is 0 Å². The number of halogens is 1. The van der Waals surface area contributed by atoms with Gasteiger partial charge in [-0.25, -0.2) is 4.39 Å². The summed E-state index contributed by atoms with van der Waals surface area (Å²) in [6, 6.07) is 6.46. The number of hydrogen-bond donors (Lipinski definition) is 1. The highest BCUT2D eigenvalue weighted by Crippen LogP contribution is 2.05. The fourth-order valence-electron chi connectivity index (χ4n) is 1.49. The van der Waals surface area contributed by atoms with Gasteiger partial charge in [-0.05, 0) is 17.7 Å². The van der Waals surface area contributed by atoms with Crippen molar-refractivity contribution in [1.82, 2.24) is 10.2 Å². The van der Waals surface area contributed by atoms with Crippen LogP contribution in [0.4, 0.5) is 4.39 Å². The van der Waals surface area contributed by atoms with Crippen molar-refractivity contribution in [1.29, 1.82) is 0 Å². The Hall–Kier alpha value is -1.84. The van der Waals surface area contributed by atoms with Gasteiger partial charge in [0.1, 0.15) is 5.82 Å². The summed E-state index contributed by atoms with van der Waals surface area (Å²) in [6.07, 6.45) is 1.77. The molecule has 0 saturated heterocycles. The molecule has 0 aliphatic carbocycles. The average Bonchev–Trinajstić information content (AvgIpc) is 2.33. The molecule has 0 bridgehead atoms. The van der Waals surface area contributed by atoms with E-state index in [1.807, 2.05) is 11.9 Å². The molecule has 4 heteroatoms. The number of hydrogen-bond acceptors (Lipinski definition) is 1. The van der Waals surface area contributed by atoms with Gasteiger partial charge in [-0.1, -0.05) is 18.2 Å². The van der Waals surface area contributed by atoms with Crippen LogP contribution < -0.4 is 5.32 Å². The van der Waals surface area contributed by atoms with E-state index in [0.29, 0.717) is 13.1 Å². The van der Waals surface area contributed by atoms with Crippen molar-refractivity contribution < 1.29 is 4.39 Å². The first-order valence-electron chi connectivity index (χ1n) is 5.44. The highest BCUT2D eigenvalue weighted by Gasteiger charge is 2.05. The minimum absolute atomic E-state index is 0.217. The van der Waals surface area contributed by atoms with E-state index in [9.17, 15) is 4.39 Å². The predicted molar refractivity (Wildman–Crippen MR) is 69.4 cm³/mol. The number of nitrogens with zero attached hydrogens (tertiary/aromatic N) is 2. The number of guanidine groups is 1. The van der Waals surface area contributed by atoms with Gasteiger partial charge in [0.05, 0.1) is 0 Å². The quantitative estimate of drug-likeness (QED) is 0.491. The largest absolute Gasteiger partial charge is 0.353 e. The number of nitrogens with one attached hydrogen (secondary N) is 1. The molecule has 0 heterocycles. The summed E-state index contributed by atoms with van der Waals surface area (Å²) >= 11 is 0. The van der Waals surface area contributed by atoms with E-state index in [1.165, 1.54) is 12.1 Å². The van der Waals surface area contributed by atoms with E-state index in [2.05, 4.69) is 16.9 Å². The van der Waals surface area contributed by atoms with E-state index >= 15 is 0 Å². The van der Waals surface area contributed by atoms with Crippen LogP contribution in [0.5, 0.6) is 0 Å². The van der Waals surface area contributed by atoms with Crippen molar-refractivity contribution in [2.24, 2.45) is 4.99 Å². The lowest BCUT2D eigenvalue weighted by Gasteiger charge is -2.21. The predicted octanol–water partition coefficient (Wildman–Crippen LogP) is 2.02. The van der Waals surface area contributed by atoms with Crippen LogP contribution in [0.25, 0.3) is 0 Å². The van der Waals surface area contributed by atoms with E-state index in [-0.39, 0.29) is 5.82 Å². The first-order chi connectivity index (χ1) is 8.17. The average molecular weight is 235 g/mol. The van der Waals surface area contributed by atoms with Crippen molar-refractivity contribution >= 4 is 5.96 Å². The van der Waals surface area contributed by atoms with Gasteiger partial charge in [0.15, 0.2) is 5.96 Å². The van der Waals surface area contributed by atoms with Gasteiger partial charge in [0, 0.05) is 27.2 Å². The van der Waals surface area contributed by atoms with E-state index in [1.54, 1.807) is 25.3 Å². The lowest BCUT2D eigenvalue weighted by molar-refractivity contribution is 0.480. The van der Waals surface area contributed by atoms with Crippen molar-refractivity contribution in [2.75, 3.05) is 20.6 Å². The van der Waals surface area contributed by atoms with E-state index < -0.39 is 0 Å². The topological polar surface area (TPSA) is 27.6 Å². The second kappa shape index (κ2) is 6.68. The number of aliphatic imine (C=N–C) groups is 1. The maximum Gasteiger partial charge on any atom is 0.193 e. The van der Waals surface area contributed by atoms with Crippen molar-refractivity contribution in [3.63, 3.8) is 0 Å². The SMILES string of the molecule is C=CCNC(=NC)N(C)Cc1ccc(F)cc1. The van der Waals surface area contributed by atoms with E-state index in [0.717, 1.165) is 11.5 Å². The highest BCUT2D eigenvalue weighted by atomic mass is 19.1. The Bertz CT molecular complexity index is 384. The molecular formula is C13H18FN3. The number of rotatable bonds is 4. The van der Waals surface area contributed by atoms with Crippen molar-refractivity contribution in [3.05, 3.63) is 48.3 Å². The summed E-state index contributed by atoms with van der Waals surface area (Å²) in [6.45, 7) is 4.99. The molecule has 0 atom stereocenters. The van der Waals surface area contributed by atoms with Gasteiger partial charge in [-0.3, -0.25) is 4.99 Å². The summed E-state index contributed by atoms with van der Waals surface area (Å²) in [5, 5.41) is 3.13. The van der Waals surface area contributed by atoms with Crippen LogP contribution >= 0.6 is 0 Å². The maximum atomic E-state index is 12.8. The molecule has 17 heavy (non-hydrogen) atoms. The molecule has 0 amide bonds. The molecule has 0 aliphatic heterocycles. The Morgan fingerprint density at radius 1 is 1.47 bits per heavy atom. The fourth-order valence-corrected chi connectivity index (χ4v) is 1.49. The Labute approximate surface area is 102 Å². The van der Waals surface area contributed by atoms with Crippen LogP contribution in [0.1, 0.15) is 5.56 Å².